The molecule has 0 spiro atoms. The maximum absolute atomic E-state index is 13.3. The zero-order valence-corrected chi connectivity index (χ0v) is 19.5. The average Bonchev–Trinajstić information content (AvgIpc) is 2.85. The number of benzene rings is 1. The van der Waals surface area contributed by atoms with Gasteiger partial charge in [-0.2, -0.15) is 0 Å². The van der Waals surface area contributed by atoms with Crippen LogP contribution in [0, 0.1) is 0 Å². The highest BCUT2D eigenvalue weighted by Crippen LogP contribution is 2.48. The van der Waals surface area contributed by atoms with Gasteiger partial charge in [0, 0.05) is 13.6 Å². The molecule has 1 amide bonds. The number of amides is 1. The summed E-state index contributed by atoms with van der Waals surface area (Å²) in [5.74, 6) is 0.383. The molecule has 0 radical (unpaired) electrons. The molecule has 156 valence electrons. The number of carbonyl (C=O) groups excluding carboxylic acids is 1. The van der Waals surface area contributed by atoms with Crippen LogP contribution in [0.25, 0.3) is 0 Å². The van der Waals surface area contributed by atoms with Gasteiger partial charge in [-0.3, -0.25) is 4.79 Å². The predicted octanol–water partition coefficient (Wildman–Crippen LogP) is 5.72. The van der Waals surface area contributed by atoms with Crippen molar-refractivity contribution in [3.8, 4) is 5.75 Å². The zero-order chi connectivity index (χ0) is 21.4. The number of hydrogen-bond acceptors (Lipinski definition) is 4. The summed E-state index contributed by atoms with van der Waals surface area (Å²) in [7, 11) is 1.94. The van der Waals surface area contributed by atoms with E-state index in [1.54, 1.807) is 5.01 Å². The van der Waals surface area contributed by atoms with Crippen LogP contribution in [0.15, 0.2) is 23.7 Å². The number of phenolic OH excluding ortho intramolecular Hbond substituents is 1. The van der Waals surface area contributed by atoms with E-state index >= 15 is 0 Å². The lowest BCUT2D eigenvalue weighted by molar-refractivity contribution is -0.139. The summed E-state index contributed by atoms with van der Waals surface area (Å²) >= 11 is 1.50. The van der Waals surface area contributed by atoms with Crippen molar-refractivity contribution in [2.24, 2.45) is 0 Å². The summed E-state index contributed by atoms with van der Waals surface area (Å²) < 4.78 is 0. The number of rotatable bonds is 5. The number of hydrogen-bond donors (Lipinski definition) is 1. The Morgan fingerprint density at radius 1 is 1.14 bits per heavy atom. The highest BCUT2D eigenvalue weighted by Gasteiger charge is 2.40. The lowest BCUT2D eigenvalue weighted by atomic mass is 9.78. The number of nitrogens with zero attached hydrogens (tertiary/aromatic N) is 2. The lowest BCUT2D eigenvalue weighted by Gasteiger charge is -2.29. The van der Waals surface area contributed by atoms with Crippen LogP contribution in [0.4, 0.5) is 0 Å². The fraction of sp³-hybridized carbons (Fsp3) is 0.609. The van der Waals surface area contributed by atoms with Crippen molar-refractivity contribution in [2.45, 2.75) is 77.4 Å². The Balaban J connectivity index is 2.50. The van der Waals surface area contributed by atoms with E-state index < -0.39 is 0 Å². The predicted molar refractivity (Wildman–Crippen MR) is 119 cm³/mol. The number of phenols is 1. The number of aromatic hydroxyl groups is 1. The van der Waals surface area contributed by atoms with Crippen LogP contribution < -0.4 is 0 Å². The molecule has 0 bridgehead atoms. The second kappa shape index (κ2) is 8.11. The number of thioether (sulfide) groups is 1. The van der Waals surface area contributed by atoms with Crippen molar-refractivity contribution in [2.75, 3.05) is 13.6 Å². The van der Waals surface area contributed by atoms with Crippen LogP contribution >= 0.6 is 11.8 Å². The Hall–Kier alpha value is -1.46. The first-order valence-corrected chi connectivity index (χ1v) is 11.0. The summed E-state index contributed by atoms with van der Waals surface area (Å²) in [5.41, 5.74) is 2.26. The van der Waals surface area contributed by atoms with E-state index in [1.165, 1.54) is 11.8 Å². The van der Waals surface area contributed by atoms with E-state index in [0.717, 1.165) is 41.1 Å². The van der Waals surface area contributed by atoms with Crippen molar-refractivity contribution >= 4 is 17.7 Å². The van der Waals surface area contributed by atoms with Gasteiger partial charge in [-0.15, -0.1) is 0 Å². The fourth-order valence-corrected chi connectivity index (χ4v) is 4.55. The second-order valence-electron chi connectivity index (χ2n) is 9.74. The molecule has 1 N–H and O–H groups in total. The van der Waals surface area contributed by atoms with E-state index in [-0.39, 0.29) is 22.0 Å². The largest absolute Gasteiger partial charge is 0.507 e. The Labute approximate surface area is 175 Å². The first-order chi connectivity index (χ1) is 12.8. The average molecular weight is 405 g/mol. The van der Waals surface area contributed by atoms with Gasteiger partial charge >= 0.3 is 0 Å². The topological polar surface area (TPSA) is 43.8 Å². The maximum atomic E-state index is 13.3. The van der Waals surface area contributed by atoms with E-state index in [9.17, 15) is 9.90 Å². The Morgan fingerprint density at radius 2 is 1.64 bits per heavy atom. The molecular weight excluding hydrogens is 368 g/mol. The normalized spacial score (nSPS) is 18.5. The molecule has 0 aliphatic carbocycles. The van der Waals surface area contributed by atoms with Gasteiger partial charge in [0.2, 0.25) is 0 Å². The van der Waals surface area contributed by atoms with Gasteiger partial charge in [0.25, 0.3) is 5.91 Å². The van der Waals surface area contributed by atoms with Crippen LogP contribution in [-0.2, 0) is 15.6 Å². The molecule has 2 rings (SSSR count). The SMILES string of the molecule is C=C1SC(c2cc(C(C)(C)C)c(O)c(C(C)(C)C)c2)C(=O)N1N(C)CCCC. The van der Waals surface area contributed by atoms with Crippen LogP contribution in [-0.4, -0.2) is 34.6 Å². The van der Waals surface area contributed by atoms with Crippen LogP contribution in [0.2, 0.25) is 0 Å². The van der Waals surface area contributed by atoms with Gasteiger partial charge < -0.3 is 5.11 Å². The molecule has 1 saturated heterocycles. The van der Waals surface area contributed by atoms with Gasteiger partial charge in [0.1, 0.15) is 11.0 Å². The molecule has 1 aromatic rings. The summed E-state index contributed by atoms with van der Waals surface area (Å²) in [4.78, 5) is 13.3. The van der Waals surface area contributed by atoms with Crippen molar-refractivity contribution < 1.29 is 9.90 Å². The molecule has 1 aliphatic rings. The van der Waals surface area contributed by atoms with Gasteiger partial charge in [-0.05, 0) is 46.1 Å². The number of unbranched alkanes of at least 4 members (excludes halogenated alkanes) is 1. The van der Waals surface area contributed by atoms with Crippen molar-refractivity contribution in [1.29, 1.82) is 0 Å². The van der Waals surface area contributed by atoms with Crippen molar-refractivity contribution in [1.82, 2.24) is 10.0 Å². The van der Waals surface area contributed by atoms with E-state index in [2.05, 4.69) is 55.0 Å². The molecule has 1 heterocycles. The second-order valence-corrected chi connectivity index (χ2v) is 10.9. The molecule has 5 heteroatoms. The first kappa shape index (κ1) is 22.8. The first-order valence-electron chi connectivity index (χ1n) is 10.1. The third-order valence-corrected chi connectivity index (χ3v) is 6.31. The highest BCUT2D eigenvalue weighted by molar-refractivity contribution is 8.04. The monoisotopic (exact) mass is 404 g/mol. The number of hydrazine groups is 1. The summed E-state index contributed by atoms with van der Waals surface area (Å²) in [6, 6.07) is 4.01. The van der Waals surface area contributed by atoms with Crippen LogP contribution in [0.1, 0.15) is 83.2 Å². The molecule has 0 aromatic heterocycles. The molecule has 0 saturated carbocycles. The van der Waals surface area contributed by atoms with E-state index in [4.69, 9.17) is 0 Å². The minimum atomic E-state index is -0.334. The third kappa shape index (κ3) is 4.57. The molecule has 4 nitrogen and oxygen atoms in total. The van der Waals surface area contributed by atoms with Gasteiger partial charge in [-0.1, -0.05) is 73.2 Å². The fourth-order valence-electron chi connectivity index (χ4n) is 3.48. The maximum Gasteiger partial charge on any atom is 0.260 e. The van der Waals surface area contributed by atoms with Gasteiger partial charge in [-0.25, -0.2) is 10.0 Å². The quantitative estimate of drug-likeness (QED) is 0.681. The molecular formula is C23H36N2O2S. The summed E-state index contributed by atoms with van der Waals surface area (Å²) in [5, 5.41) is 15.1. The Morgan fingerprint density at radius 3 is 2.07 bits per heavy atom. The zero-order valence-electron chi connectivity index (χ0n) is 18.7. The molecule has 1 aliphatic heterocycles. The summed E-state index contributed by atoms with van der Waals surface area (Å²) in [6.45, 7) is 19.6. The van der Waals surface area contributed by atoms with E-state index in [1.807, 2.05) is 24.2 Å². The Bertz CT molecular complexity index is 724. The number of carbonyl (C=O) groups is 1. The van der Waals surface area contributed by atoms with Crippen molar-refractivity contribution in [3.05, 3.63) is 40.4 Å². The lowest BCUT2D eigenvalue weighted by Crippen LogP contribution is -2.40. The standard InChI is InChI=1S/C23H36N2O2S/c1-10-11-12-24(9)25-15(2)28-20(21(25)27)16-13-17(22(3,4)5)19(26)18(14-16)23(6,7)8/h13-14,20,26H,2,10-12H2,1,3-9H3. The third-order valence-electron chi connectivity index (χ3n) is 5.15. The molecule has 28 heavy (non-hydrogen) atoms. The Kier molecular flexibility index (Phi) is 6.61. The van der Waals surface area contributed by atoms with Crippen LogP contribution in [0.3, 0.4) is 0 Å². The minimum Gasteiger partial charge on any atom is -0.507 e. The van der Waals surface area contributed by atoms with Crippen LogP contribution in [0.5, 0.6) is 5.75 Å². The minimum absolute atomic E-state index is 0.0408. The molecule has 1 aromatic carbocycles. The highest BCUT2D eigenvalue weighted by atomic mass is 32.2. The molecule has 1 unspecified atom stereocenters. The van der Waals surface area contributed by atoms with Gasteiger partial charge in [0.05, 0.1) is 5.03 Å². The molecule has 1 fully saturated rings. The van der Waals surface area contributed by atoms with Gasteiger partial charge in [0.15, 0.2) is 0 Å². The smallest absolute Gasteiger partial charge is 0.260 e. The van der Waals surface area contributed by atoms with Crippen molar-refractivity contribution in [3.63, 3.8) is 0 Å². The van der Waals surface area contributed by atoms with E-state index in [0.29, 0.717) is 5.75 Å². The summed E-state index contributed by atoms with van der Waals surface area (Å²) in [6.07, 6.45) is 2.11. The molecule has 1 atom stereocenters.